The Bertz CT molecular complexity index is 844. The Morgan fingerprint density at radius 1 is 1.23 bits per heavy atom. The molecular weight excluding hydrogens is 332 g/mol. The Balaban J connectivity index is 2.13. The molecule has 1 amide bonds. The molecule has 2 rings (SSSR count). The molecule has 26 heavy (non-hydrogen) atoms. The highest BCUT2D eigenvalue weighted by atomic mass is 16.6. The predicted octanol–water partition coefficient (Wildman–Crippen LogP) is 4.65. The Kier molecular flexibility index (Phi) is 6.49. The van der Waals surface area contributed by atoms with Gasteiger partial charge in [0.1, 0.15) is 0 Å². The monoisotopic (exact) mass is 354 g/mol. The zero-order chi connectivity index (χ0) is 19.1. The molecule has 0 spiro atoms. The fourth-order valence-electron chi connectivity index (χ4n) is 2.33. The number of aryl methyl sites for hydroxylation is 2. The number of anilines is 1. The smallest absolute Gasteiger partial charge is 0.311 e. The van der Waals surface area contributed by atoms with Crippen LogP contribution in [0.1, 0.15) is 30.0 Å². The number of rotatable bonds is 7. The summed E-state index contributed by atoms with van der Waals surface area (Å²) in [5, 5.41) is 14.0. The number of benzene rings is 2. The van der Waals surface area contributed by atoms with E-state index in [1.165, 1.54) is 18.2 Å². The highest BCUT2D eigenvalue weighted by molar-refractivity contribution is 6.02. The van der Waals surface area contributed by atoms with Gasteiger partial charge >= 0.3 is 5.69 Å². The molecule has 0 saturated heterocycles. The van der Waals surface area contributed by atoms with Crippen LogP contribution in [0.5, 0.6) is 5.75 Å². The van der Waals surface area contributed by atoms with Gasteiger partial charge in [-0.3, -0.25) is 14.9 Å². The quantitative estimate of drug-likeness (QED) is 0.446. The summed E-state index contributed by atoms with van der Waals surface area (Å²) in [7, 11) is 0. The standard InChI is InChI=1S/C20H22N2O4/c1-4-11-26-19-9-7-16(13-18(19)22(24)25)8-10-20(23)21-17-12-14(2)5-6-15(17)3/h5-10,12-13H,4,11H2,1-3H3,(H,21,23)/b10-8+. The van der Waals surface area contributed by atoms with Crippen LogP contribution in [0.2, 0.25) is 0 Å². The van der Waals surface area contributed by atoms with Gasteiger partial charge in [0.25, 0.3) is 0 Å². The zero-order valence-corrected chi connectivity index (χ0v) is 15.1. The number of carbonyl (C=O) groups excluding carboxylic acids is 1. The van der Waals surface area contributed by atoms with E-state index in [1.807, 2.05) is 39.0 Å². The van der Waals surface area contributed by atoms with Crippen LogP contribution in [0.4, 0.5) is 11.4 Å². The fraction of sp³-hybridized carbons (Fsp3) is 0.250. The minimum absolute atomic E-state index is 0.115. The number of nitrogens with zero attached hydrogens (tertiary/aromatic N) is 1. The molecule has 0 unspecified atom stereocenters. The zero-order valence-electron chi connectivity index (χ0n) is 15.1. The van der Waals surface area contributed by atoms with Gasteiger partial charge in [0.2, 0.25) is 5.91 Å². The summed E-state index contributed by atoms with van der Waals surface area (Å²) >= 11 is 0. The molecule has 6 nitrogen and oxygen atoms in total. The van der Waals surface area contributed by atoms with Gasteiger partial charge in [0.05, 0.1) is 11.5 Å². The number of nitrogens with one attached hydrogen (secondary N) is 1. The first-order chi connectivity index (χ1) is 12.4. The first-order valence-corrected chi connectivity index (χ1v) is 8.38. The third-order valence-corrected chi connectivity index (χ3v) is 3.72. The van der Waals surface area contributed by atoms with Crippen molar-refractivity contribution < 1.29 is 14.5 Å². The van der Waals surface area contributed by atoms with E-state index in [-0.39, 0.29) is 17.3 Å². The molecule has 6 heteroatoms. The van der Waals surface area contributed by atoms with Crippen LogP contribution in [0, 0.1) is 24.0 Å². The van der Waals surface area contributed by atoms with Gasteiger partial charge in [-0.2, -0.15) is 0 Å². The van der Waals surface area contributed by atoms with E-state index in [4.69, 9.17) is 4.74 Å². The summed E-state index contributed by atoms with van der Waals surface area (Å²) in [5.41, 5.74) is 3.19. The molecular formula is C20H22N2O4. The Labute approximate surface area is 152 Å². The van der Waals surface area contributed by atoms with E-state index in [0.717, 1.165) is 23.2 Å². The van der Waals surface area contributed by atoms with E-state index in [2.05, 4.69) is 5.32 Å². The van der Waals surface area contributed by atoms with Crippen molar-refractivity contribution >= 4 is 23.4 Å². The second-order valence-corrected chi connectivity index (χ2v) is 5.97. The van der Waals surface area contributed by atoms with Gasteiger partial charge in [0, 0.05) is 17.8 Å². The Morgan fingerprint density at radius 3 is 2.69 bits per heavy atom. The average Bonchev–Trinajstić information content (AvgIpc) is 2.61. The molecule has 1 N–H and O–H groups in total. The molecule has 0 aliphatic heterocycles. The summed E-state index contributed by atoms with van der Waals surface area (Å²) in [6.07, 6.45) is 3.65. The lowest BCUT2D eigenvalue weighted by Crippen LogP contribution is -2.09. The van der Waals surface area contributed by atoms with E-state index in [9.17, 15) is 14.9 Å². The normalized spacial score (nSPS) is 10.7. The second-order valence-electron chi connectivity index (χ2n) is 5.97. The first kappa shape index (κ1) is 19.2. The minimum Gasteiger partial charge on any atom is -0.487 e. The summed E-state index contributed by atoms with van der Waals surface area (Å²) in [4.78, 5) is 22.8. The van der Waals surface area contributed by atoms with Crippen molar-refractivity contribution in [1.82, 2.24) is 0 Å². The molecule has 0 fully saturated rings. The van der Waals surface area contributed by atoms with Gasteiger partial charge in [-0.15, -0.1) is 0 Å². The second kappa shape index (κ2) is 8.80. The lowest BCUT2D eigenvalue weighted by atomic mass is 10.1. The van der Waals surface area contributed by atoms with Gasteiger partial charge in [-0.1, -0.05) is 25.1 Å². The first-order valence-electron chi connectivity index (χ1n) is 8.38. The summed E-state index contributed by atoms with van der Waals surface area (Å²) in [6.45, 7) is 6.20. The molecule has 2 aromatic carbocycles. The highest BCUT2D eigenvalue weighted by Crippen LogP contribution is 2.28. The van der Waals surface area contributed by atoms with Crippen molar-refractivity contribution in [1.29, 1.82) is 0 Å². The largest absolute Gasteiger partial charge is 0.487 e. The van der Waals surface area contributed by atoms with Crippen LogP contribution in [-0.4, -0.2) is 17.4 Å². The average molecular weight is 354 g/mol. The maximum Gasteiger partial charge on any atom is 0.311 e. The summed E-state index contributed by atoms with van der Waals surface area (Å²) in [6, 6.07) is 10.4. The van der Waals surface area contributed by atoms with E-state index < -0.39 is 4.92 Å². The molecule has 0 bridgehead atoms. The molecule has 0 radical (unpaired) electrons. The number of nitro benzene ring substituents is 1. The predicted molar refractivity (Wildman–Crippen MR) is 102 cm³/mol. The SMILES string of the molecule is CCCOc1ccc(/C=C/C(=O)Nc2cc(C)ccc2C)cc1[N+](=O)[O-]. The summed E-state index contributed by atoms with van der Waals surface area (Å²) < 4.78 is 5.39. The lowest BCUT2D eigenvalue weighted by molar-refractivity contribution is -0.385. The van der Waals surface area contributed by atoms with Gasteiger partial charge < -0.3 is 10.1 Å². The van der Waals surface area contributed by atoms with Gasteiger partial charge in [0.15, 0.2) is 5.75 Å². The number of hydrogen-bond donors (Lipinski definition) is 1. The van der Waals surface area contributed by atoms with Crippen molar-refractivity contribution in [2.75, 3.05) is 11.9 Å². The van der Waals surface area contributed by atoms with Crippen molar-refractivity contribution in [2.45, 2.75) is 27.2 Å². The number of amides is 1. The van der Waals surface area contributed by atoms with Crippen molar-refractivity contribution in [3.05, 3.63) is 69.3 Å². The van der Waals surface area contributed by atoms with Crippen LogP contribution in [0.3, 0.4) is 0 Å². The van der Waals surface area contributed by atoms with Crippen LogP contribution in [0.15, 0.2) is 42.5 Å². The Hall–Kier alpha value is -3.15. The topological polar surface area (TPSA) is 81.5 Å². The van der Waals surface area contributed by atoms with Gasteiger partial charge in [-0.25, -0.2) is 0 Å². The molecule has 136 valence electrons. The molecule has 0 saturated carbocycles. The molecule has 0 aliphatic carbocycles. The molecule has 2 aromatic rings. The third kappa shape index (κ3) is 5.17. The van der Waals surface area contributed by atoms with E-state index in [0.29, 0.717) is 12.2 Å². The number of nitro groups is 1. The molecule has 0 aromatic heterocycles. The van der Waals surface area contributed by atoms with Crippen LogP contribution in [-0.2, 0) is 4.79 Å². The lowest BCUT2D eigenvalue weighted by Gasteiger charge is -2.07. The molecule has 0 heterocycles. The van der Waals surface area contributed by atoms with Crippen molar-refractivity contribution in [3.63, 3.8) is 0 Å². The summed E-state index contributed by atoms with van der Waals surface area (Å²) in [5.74, 6) is -0.0681. The third-order valence-electron chi connectivity index (χ3n) is 3.72. The van der Waals surface area contributed by atoms with Crippen molar-refractivity contribution in [2.24, 2.45) is 0 Å². The van der Waals surface area contributed by atoms with Crippen molar-refractivity contribution in [3.8, 4) is 5.75 Å². The molecule has 0 aliphatic rings. The number of ether oxygens (including phenoxy) is 1. The Morgan fingerprint density at radius 2 is 2.00 bits per heavy atom. The maximum atomic E-state index is 12.1. The van der Waals surface area contributed by atoms with E-state index in [1.54, 1.807) is 12.1 Å². The van der Waals surface area contributed by atoms with Crippen LogP contribution < -0.4 is 10.1 Å². The van der Waals surface area contributed by atoms with E-state index >= 15 is 0 Å². The number of carbonyl (C=O) groups is 1. The van der Waals surface area contributed by atoms with Crippen LogP contribution >= 0.6 is 0 Å². The fourth-order valence-corrected chi connectivity index (χ4v) is 2.33. The minimum atomic E-state index is -0.488. The highest BCUT2D eigenvalue weighted by Gasteiger charge is 2.15. The van der Waals surface area contributed by atoms with Crippen LogP contribution in [0.25, 0.3) is 6.08 Å². The van der Waals surface area contributed by atoms with Gasteiger partial charge in [-0.05, 0) is 55.2 Å². The maximum absolute atomic E-state index is 12.1. The molecule has 0 atom stereocenters. The number of hydrogen-bond acceptors (Lipinski definition) is 4.